The second-order valence-electron chi connectivity index (χ2n) is 6.01. The van der Waals surface area contributed by atoms with E-state index in [1.165, 1.54) is 12.5 Å². The number of carbonyl (C=O) groups is 2. The summed E-state index contributed by atoms with van der Waals surface area (Å²) in [6.07, 6.45) is 3.32. The zero-order valence-electron chi connectivity index (χ0n) is 14.6. The maximum atomic E-state index is 12.0. The highest BCUT2D eigenvalue weighted by Gasteiger charge is 2.06. The van der Waals surface area contributed by atoms with E-state index in [2.05, 4.69) is 33.4 Å². The van der Waals surface area contributed by atoms with Gasteiger partial charge in [0.2, 0.25) is 11.8 Å². The van der Waals surface area contributed by atoms with Gasteiger partial charge in [-0.25, -0.2) is 0 Å². The van der Waals surface area contributed by atoms with Gasteiger partial charge < -0.3 is 10.2 Å². The molecule has 0 heterocycles. The topological polar surface area (TPSA) is 49.4 Å². The second-order valence-corrected chi connectivity index (χ2v) is 6.92. The quantitative estimate of drug-likeness (QED) is 0.677. The molecule has 5 heteroatoms. The van der Waals surface area contributed by atoms with E-state index in [1.54, 1.807) is 11.9 Å². The number of carbonyl (C=O) groups excluding carboxylic acids is 2. The molecule has 0 saturated heterocycles. The number of hydrogen-bond acceptors (Lipinski definition) is 2. The fourth-order valence-corrected chi connectivity index (χ4v) is 2.70. The van der Waals surface area contributed by atoms with Gasteiger partial charge in [-0.2, -0.15) is 0 Å². The Morgan fingerprint density at radius 3 is 2.24 bits per heavy atom. The van der Waals surface area contributed by atoms with Crippen molar-refractivity contribution in [2.24, 2.45) is 0 Å². The van der Waals surface area contributed by atoms with Crippen LogP contribution in [0, 0.1) is 0 Å². The third-order valence-electron chi connectivity index (χ3n) is 4.04. The Bertz CT molecular complexity index is 711. The smallest absolute Gasteiger partial charge is 0.224 e. The Morgan fingerprint density at radius 2 is 1.64 bits per heavy atom. The number of amides is 2. The zero-order chi connectivity index (χ0) is 18.2. The van der Waals surface area contributed by atoms with E-state index >= 15 is 0 Å². The first-order valence-electron chi connectivity index (χ1n) is 8.34. The lowest BCUT2D eigenvalue weighted by Gasteiger charge is -2.15. The molecule has 0 saturated carbocycles. The number of nitrogens with one attached hydrogen (secondary N) is 1. The van der Waals surface area contributed by atoms with Gasteiger partial charge in [0.15, 0.2) is 0 Å². The molecule has 1 N–H and O–H groups in total. The minimum atomic E-state index is -0.0254. The first-order valence-corrected chi connectivity index (χ1v) is 9.13. The highest BCUT2D eigenvalue weighted by Crippen LogP contribution is 2.17. The summed E-state index contributed by atoms with van der Waals surface area (Å²) in [6.45, 7) is 1.52. The van der Waals surface area contributed by atoms with E-state index < -0.39 is 0 Å². The zero-order valence-corrected chi connectivity index (χ0v) is 16.2. The van der Waals surface area contributed by atoms with Crippen molar-refractivity contribution < 1.29 is 9.59 Å². The van der Waals surface area contributed by atoms with Crippen molar-refractivity contribution in [3.05, 3.63) is 58.6 Å². The molecule has 2 aromatic carbocycles. The Morgan fingerprint density at radius 1 is 1.00 bits per heavy atom. The van der Waals surface area contributed by atoms with Crippen molar-refractivity contribution in [2.75, 3.05) is 17.3 Å². The lowest BCUT2D eigenvalue weighted by atomic mass is 10.1. The molecule has 2 amide bonds. The van der Waals surface area contributed by atoms with Gasteiger partial charge in [-0.15, -0.1) is 0 Å². The van der Waals surface area contributed by atoms with Crippen molar-refractivity contribution in [2.45, 2.75) is 32.6 Å². The number of benzene rings is 2. The monoisotopic (exact) mass is 402 g/mol. The van der Waals surface area contributed by atoms with Gasteiger partial charge in [0, 0.05) is 36.2 Å². The number of unbranched alkanes of at least 4 members (excludes halogenated alkanes) is 1. The predicted molar refractivity (Wildman–Crippen MR) is 106 cm³/mol. The van der Waals surface area contributed by atoms with Gasteiger partial charge in [-0.05, 0) is 61.2 Å². The predicted octanol–water partition coefficient (Wildman–Crippen LogP) is 4.78. The highest BCUT2D eigenvalue weighted by molar-refractivity contribution is 9.10. The average Bonchev–Trinajstić information content (AvgIpc) is 2.60. The summed E-state index contributed by atoms with van der Waals surface area (Å²) in [6, 6.07) is 15.6. The Labute approximate surface area is 157 Å². The van der Waals surface area contributed by atoms with E-state index in [1.807, 2.05) is 36.4 Å². The molecule has 2 rings (SSSR count). The van der Waals surface area contributed by atoms with Crippen LogP contribution in [0.5, 0.6) is 0 Å². The van der Waals surface area contributed by atoms with Crippen LogP contribution in [-0.2, 0) is 16.0 Å². The van der Waals surface area contributed by atoms with Crippen LogP contribution in [0.4, 0.5) is 11.4 Å². The first kappa shape index (κ1) is 19.2. The Balaban J connectivity index is 1.72. The SMILES string of the molecule is CC(=O)N(C)c1ccc(NC(=O)CCCCc2ccc(Br)cc2)cc1. The highest BCUT2D eigenvalue weighted by atomic mass is 79.9. The molecule has 132 valence electrons. The van der Waals surface area contributed by atoms with Gasteiger partial charge in [0.1, 0.15) is 0 Å². The van der Waals surface area contributed by atoms with Crippen molar-refractivity contribution in [3.8, 4) is 0 Å². The number of rotatable bonds is 7. The van der Waals surface area contributed by atoms with Crippen molar-refractivity contribution in [1.29, 1.82) is 0 Å². The summed E-state index contributed by atoms with van der Waals surface area (Å²) >= 11 is 3.42. The maximum absolute atomic E-state index is 12.0. The number of nitrogens with zero attached hydrogens (tertiary/aromatic N) is 1. The molecule has 0 aliphatic rings. The number of halogens is 1. The van der Waals surface area contributed by atoms with Gasteiger partial charge in [-0.1, -0.05) is 28.1 Å². The van der Waals surface area contributed by atoms with Crippen LogP contribution >= 0.6 is 15.9 Å². The van der Waals surface area contributed by atoms with E-state index in [4.69, 9.17) is 0 Å². The summed E-state index contributed by atoms with van der Waals surface area (Å²) in [5, 5.41) is 2.89. The van der Waals surface area contributed by atoms with Gasteiger partial charge >= 0.3 is 0 Å². The summed E-state index contributed by atoms with van der Waals surface area (Å²) in [5.41, 5.74) is 2.84. The van der Waals surface area contributed by atoms with Crippen molar-refractivity contribution >= 4 is 39.1 Å². The van der Waals surface area contributed by atoms with Crippen LogP contribution in [0.15, 0.2) is 53.0 Å². The molecule has 0 spiro atoms. The normalized spacial score (nSPS) is 10.4. The summed E-state index contributed by atoms with van der Waals surface area (Å²) in [4.78, 5) is 24.9. The summed E-state index contributed by atoms with van der Waals surface area (Å²) in [5.74, 6) is -0.00830. The second kappa shape index (κ2) is 9.37. The molecule has 0 aliphatic heterocycles. The fraction of sp³-hybridized carbons (Fsp3) is 0.300. The number of hydrogen-bond donors (Lipinski definition) is 1. The molecule has 0 fully saturated rings. The molecule has 0 aliphatic carbocycles. The standard InChI is InChI=1S/C20H23BrN2O2/c1-15(24)23(2)19-13-11-18(12-14-19)22-20(25)6-4-3-5-16-7-9-17(21)10-8-16/h7-14H,3-6H2,1-2H3,(H,22,25). The van der Waals surface area contributed by atoms with Gasteiger partial charge in [-0.3, -0.25) is 9.59 Å². The van der Waals surface area contributed by atoms with E-state index in [9.17, 15) is 9.59 Å². The number of aryl methyl sites for hydroxylation is 1. The summed E-state index contributed by atoms with van der Waals surface area (Å²) in [7, 11) is 1.72. The molecule has 0 unspecified atom stereocenters. The molecule has 2 aromatic rings. The van der Waals surface area contributed by atoms with E-state index in [-0.39, 0.29) is 11.8 Å². The molecular weight excluding hydrogens is 380 g/mol. The fourth-order valence-electron chi connectivity index (χ4n) is 2.44. The molecule has 4 nitrogen and oxygen atoms in total. The van der Waals surface area contributed by atoms with Crippen LogP contribution in [0.2, 0.25) is 0 Å². The third-order valence-corrected chi connectivity index (χ3v) is 4.57. The summed E-state index contributed by atoms with van der Waals surface area (Å²) < 4.78 is 1.08. The molecule has 25 heavy (non-hydrogen) atoms. The molecule has 0 atom stereocenters. The third kappa shape index (κ3) is 6.35. The lowest BCUT2D eigenvalue weighted by molar-refractivity contribution is -0.117. The van der Waals surface area contributed by atoms with E-state index in [0.29, 0.717) is 6.42 Å². The Kier molecular flexibility index (Phi) is 7.19. The largest absolute Gasteiger partial charge is 0.326 e. The minimum Gasteiger partial charge on any atom is -0.326 e. The lowest BCUT2D eigenvalue weighted by Crippen LogP contribution is -2.22. The van der Waals surface area contributed by atoms with Gasteiger partial charge in [0.25, 0.3) is 0 Å². The number of anilines is 2. The maximum Gasteiger partial charge on any atom is 0.224 e. The molecule has 0 bridgehead atoms. The van der Waals surface area contributed by atoms with Crippen molar-refractivity contribution in [3.63, 3.8) is 0 Å². The van der Waals surface area contributed by atoms with Crippen LogP contribution in [-0.4, -0.2) is 18.9 Å². The van der Waals surface area contributed by atoms with Crippen LogP contribution < -0.4 is 10.2 Å². The van der Waals surface area contributed by atoms with Gasteiger partial charge in [0.05, 0.1) is 0 Å². The van der Waals surface area contributed by atoms with Crippen molar-refractivity contribution in [1.82, 2.24) is 0 Å². The Hall–Kier alpha value is -2.14. The average molecular weight is 403 g/mol. The van der Waals surface area contributed by atoms with Crippen LogP contribution in [0.25, 0.3) is 0 Å². The molecule has 0 aromatic heterocycles. The minimum absolute atomic E-state index is 0.0171. The first-order chi connectivity index (χ1) is 12.0. The van der Waals surface area contributed by atoms with Crippen LogP contribution in [0.1, 0.15) is 31.7 Å². The van der Waals surface area contributed by atoms with E-state index in [0.717, 1.165) is 35.1 Å². The molecular formula is C20H23BrN2O2. The van der Waals surface area contributed by atoms with Crippen LogP contribution in [0.3, 0.4) is 0 Å². The molecule has 0 radical (unpaired) electrons.